The Morgan fingerprint density at radius 3 is 2.26 bits per heavy atom. The van der Waals surface area contributed by atoms with E-state index in [0.29, 0.717) is 16.2 Å². The summed E-state index contributed by atoms with van der Waals surface area (Å²) in [6.45, 7) is 5.20. The fourth-order valence-corrected chi connectivity index (χ4v) is 2.38. The summed E-state index contributed by atoms with van der Waals surface area (Å²) in [5, 5.41) is 11.5. The largest absolute Gasteiger partial charge is 0.480 e. The summed E-state index contributed by atoms with van der Waals surface area (Å²) in [6.07, 6.45) is 0.367. The molecule has 0 fully saturated rings. The number of rotatable bonds is 6. The maximum absolute atomic E-state index is 11.9. The summed E-state index contributed by atoms with van der Waals surface area (Å²) in [4.78, 5) is 34.9. The molecule has 0 bridgehead atoms. The minimum Gasteiger partial charge on any atom is -0.480 e. The second-order valence-electron chi connectivity index (χ2n) is 4.71. The zero-order chi connectivity index (χ0) is 14.6. The standard InChI is InChI=1S/C13H17NO4S/c1-7(2)6-9(13(17)18)14-12(16)11-5-4-10(19-11)8(3)15/h4-5,7,9H,6H2,1-3H3,(H,14,16)(H,17,18)/t9-/m0/s1. The second-order valence-corrected chi connectivity index (χ2v) is 5.80. The Morgan fingerprint density at radius 1 is 1.26 bits per heavy atom. The van der Waals surface area contributed by atoms with E-state index in [1.807, 2.05) is 13.8 Å². The van der Waals surface area contributed by atoms with E-state index in [0.717, 1.165) is 11.3 Å². The number of thiophene rings is 1. The summed E-state index contributed by atoms with van der Waals surface area (Å²) < 4.78 is 0. The smallest absolute Gasteiger partial charge is 0.326 e. The second kappa shape index (κ2) is 6.47. The molecule has 104 valence electrons. The number of carboxylic acid groups (broad SMARTS) is 1. The van der Waals surface area contributed by atoms with Crippen molar-refractivity contribution in [2.24, 2.45) is 5.92 Å². The van der Waals surface area contributed by atoms with Gasteiger partial charge in [-0.05, 0) is 31.4 Å². The van der Waals surface area contributed by atoms with Crippen molar-refractivity contribution >= 4 is 29.0 Å². The third kappa shape index (κ3) is 4.48. The molecular formula is C13H17NO4S. The Labute approximate surface area is 115 Å². The van der Waals surface area contributed by atoms with Crippen molar-refractivity contribution in [2.75, 3.05) is 0 Å². The third-order valence-corrected chi connectivity index (χ3v) is 3.67. The lowest BCUT2D eigenvalue weighted by molar-refractivity contribution is -0.139. The predicted octanol–water partition coefficient (Wildman–Crippen LogP) is 2.18. The van der Waals surface area contributed by atoms with Gasteiger partial charge in [0.05, 0.1) is 9.75 Å². The summed E-state index contributed by atoms with van der Waals surface area (Å²) >= 11 is 1.07. The van der Waals surface area contributed by atoms with E-state index in [2.05, 4.69) is 5.32 Å². The molecule has 0 saturated carbocycles. The number of nitrogens with one attached hydrogen (secondary N) is 1. The van der Waals surface area contributed by atoms with Crippen molar-refractivity contribution in [3.63, 3.8) is 0 Å². The number of Topliss-reactive ketones (excluding diaryl/α,β-unsaturated/α-hetero) is 1. The van der Waals surface area contributed by atoms with Gasteiger partial charge in [-0.3, -0.25) is 9.59 Å². The quantitative estimate of drug-likeness (QED) is 0.784. The van der Waals surface area contributed by atoms with Crippen LogP contribution in [0.5, 0.6) is 0 Å². The zero-order valence-electron chi connectivity index (χ0n) is 11.1. The van der Waals surface area contributed by atoms with Gasteiger partial charge in [0.15, 0.2) is 5.78 Å². The molecule has 0 saturated heterocycles. The first-order valence-corrected chi connectivity index (χ1v) is 6.77. The highest BCUT2D eigenvalue weighted by molar-refractivity contribution is 7.15. The van der Waals surface area contributed by atoms with Gasteiger partial charge in [-0.25, -0.2) is 4.79 Å². The highest BCUT2D eigenvalue weighted by Crippen LogP contribution is 2.17. The molecular weight excluding hydrogens is 266 g/mol. The summed E-state index contributed by atoms with van der Waals surface area (Å²) in [7, 11) is 0. The Kier molecular flexibility index (Phi) is 5.23. The van der Waals surface area contributed by atoms with Crippen LogP contribution in [0.2, 0.25) is 0 Å². The average molecular weight is 283 g/mol. The lowest BCUT2D eigenvalue weighted by Crippen LogP contribution is -2.41. The summed E-state index contributed by atoms with van der Waals surface area (Å²) in [6, 6.07) is 2.20. The first kappa shape index (κ1) is 15.4. The highest BCUT2D eigenvalue weighted by Gasteiger charge is 2.22. The normalized spacial score (nSPS) is 12.2. The molecule has 1 aromatic heterocycles. The van der Waals surface area contributed by atoms with Crippen LogP contribution in [-0.2, 0) is 4.79 Å². The van der Waals surface area contributed by atoms with E-state index in [4.69, 9.17) is 5.11 Å². The van der Waals surface area contributed by atoms with E-state index >= 15 is 0 Å². The van der Waals surface area contributed by atoms with Gasteiger partial charge < -0.3 is 10.4 Å². The van der Waals surface area contributed by atoms with Crippen molar-refractivity contribution in [1.82, 2.24) is 5.32 Å². The van der Waals surface area contributed by atoms with E-state index in [1.165, 1.54) is 13.0 Å². The molecule has 0 radical (unpaired) electrons. The van der Waals surface area contributed by atoms with Crippen molar-refractivity contribution in [3.8, 4) is 0 Å². The van der Waals surface area contributed by atoms with Gasteiger partial charge in [-0.15, -0.1) is 11.3 Å². The number of hydrogen-bond donors (Lipinski definition) is 2. The molecule has 1 amide bonds. The molecule has 5 nitrogen and oxygen atoms in total. The molecule has 19 heavy (non-hydrogen) atoms. The van der Waals surface area contributed by atoms with Crippen molar-refractivity contribution in [2.45, 2.75) is 33.2 Å². The van der Waals surface area contributed by atoms with Crippen LogP contribution < -0.4 is 5.32 Å². The molecule has 0 aliphatic heterocycles. The van der Waals surface area contributed by atoms with Crippen LogP contribution in [0.15, 0.2) is 12.1 Å². The van der Waals surface area contributed by atoms with Crippen LogP contribution in [0.25, 0.3) is 0 Å². The van der Waals surface area contributed by atoms with Gasteiger partial charge in [0.2, 0.25) is 0 Å². The lowest BCUT2D eigenvalue weighted by Gasteiger charge is -2.15. The van der Waals surface area contributed by atoms with E-state index < -0.39 is 17.9 Å². The third-order valence-electron chi connectivity index (χ3n) is 2.49. The van der Waals surface area contributed by atoms with Gasteiger partial charge in [-0.2, -0.15) is 0 Å². The molecule has 1 heterocycles. The first-order valence-electron chi connectivity index (χ1n) is 5.95. The Balaban J connectivity index is 2.75. The van der Waals surface area contributed by atoms with Crippen LogP contribution in [0, 0.1) is 5.92 Å². The Bertz CT molecular complexity index is 493. The topological polar surface area (TPSA) is 83.5 Å². The fraction of sp³-hybridized carbons (Fsp3) is 0.462. The Hall–Kier alpha value is -1.69. The minimum atomic E-state index is -1.05. The number of carbonyl (C=O) groups excluding carboxylic acids is 2. The minimum absolute atomic E-state index is 0.110. The van der Waals surface area contributed by atoms with E-state index in [-0.39, 0.29) is 11.7 Å². The molecule has 0 aliphatic carbocycles. The average Bonchev–Trinajstić information content (AvgIpc) is 2.76. The fourth-order valence-electron chi connectivity index (χ4n) is 1.57. The molecule has 1 atom stereocenters. The van der Waals surface area contributed by atoms with Gasteiger partial charge in [0.1, 0.15) is 6.04 Å². The zero-order valence-corrected chi connectivity index (χ0v) is 11.9. The van der Waals surface area contributed by atoms with Crippen molar-refractivity contribution in [3.05, 3.63) is 21.9 Å². The van der Waals surface area contributed by atoms with Crippen molar-refractivity contribution < 1.29 is 19.5 Å². The SMILES string of the molecule is CC(=O)c1ccc(C(=O)N[C@@H](CC(C)C)C(=O)O)s1. The molecule has 0 aliphatic rings. The van der Waals surface area contributed by atoms with Gasteiger partial charge in [0, 0.05) is 0 Å². The van der Waals surface area contributed by atoms with Crippen LogP contribution in [-0.4, -0.2) is 28.8 Å². The van der Waals surface area contributed by atoms with Crippen LogP contribution in [0.1, 0.15) is 46.5 Å². The number of amides is 1. The van der Waals surface area contributed by atoms with Gasteiger partial charge >= 0.3 is 5.97 Å². The maximum atomic E-state index is 11.9. The van der Waals surface area contributed by atoms with Crippen LogP contribution in [0.3, 0.4) is 0 Å². The molecule has 0 aromatic carbocycles. The molecule has 0 unspecified atom stereocenters. The van der Waals surface area contributed by atoms with Crippen molar-refractivity contribution in [1.29, 1.82) is 0 Å². The number of aliphatic carboxylic acids is 1. The Morgan fingerprint density at radius 2 is 1.84 bits per heavy atom. The predicted molar refractivity (Wildman–Crippen MR) is 72.7 cm³/mol. The van der Waals surface area contributed by atoms with Crippen LogP contribution >= 0.6 is 11.3 Å². The number of carbonyl (C=O) groups is 3. The number of carboxylic acids is 1. The number of ketones is 1. The van der Waals surface area contributed by atoms with Gasteiger partial charge in [0.25, 0.3) is 5.91 Å². The summed E-state index contributed by atoms with van der Waals surface area (Å²) in [5.41, 5.74) is 0. The van der Waals surface area contributed by atoms with E-state index in [1.54, 1.807) is 6.07 Å². The van der Waals surface area contributed by atoms with Gasteiger partial charge in [-0.1, -0.05) is 13.8 Å². The highest BCUT2D eigenvalue weighted by atomic mass is 32.1. The lowest BCUT2D eigenvalue weighted by atomic mass is 10.0. The first-order chi connectivity index (χ1) is 8.81. The summed E-state index contributed by atoms with van der Waals surface area (Å²) in [5.74, 6) is -1.45. The molecule has 0 spiro atoms. The molecule has 1 aromatic rings. The molecule has 6 heteroatoms. The molecule has 2 N–H and O–H groups in total. The maximum Gasteiger partial charge on any atom is 0.326 e. The van der Waals surface area contributed by atoms with Crippen LogP contribution in [0.4, 0.5) is 0 Å². The number of hydrogen-bond acceptors (Lipinski definition) is 4. The van der Waals surface area contributed by atoms with E-state index in [9.17, 15) is 14.4 Å². The molecule has 1 rings (SSSR count). The monoisotopic (exact) mass is 283 g/mol.